The maximum atomic E-state index is 11.5. The van der Waals surface area contributed by atoms with Crippen LogP contribution < -0.4 is 5.48 Å². The lowest BCUT2D eigenvalue weighted by atomic mass is 10.1. The molecule has 0 aliphatic heterocycles. The van der Waals surface area contributed by atoms with Gasteiger partial charge in [-0.3, -0.25) is 15.0 Å². The van der Waals surface area contributed by atoms with Gasteiger partial charge < -0.3 is 4.57 Å². The van der Waals surface area contributed by atoms with Crippen LogP contribution in [-0.2, 0) is 13.0 Å². The van der Waals surface area contributed by atoms with Crippen LogP contribution in [0.3, 0.4) is 0 Å². The van der Waals surface area contributed by atoms with Crippen LogP contribution in [0.15, 0.2) is 54.9 Å². The Kier molecular flexibility index (Phi) is 4.16. The van der Waals surface area contributed by atoms with Gasteiger partial charge in [0.05, 0.1) is 5.52 Å². The largest absolute Gasteiger partial charge is 0.347 e. The third kappa shape index (κ3) is 2.99. The number of amides is 1. The first kappa shape index (κ1) is 14.3. The monoisotopic (exact) mass is 295 g/mol. The zero-order valence-electron chi connectivity index (χ0n) is 12.1. The van der Waals surface area contributed by atoms with E-state index in [0.29, 0.717) is 0 Å². The van der Waals surface area contributed by atoms with Crippen molar-refractivity contribution in [2.24, 2.45) is 0 Å². The molecule has 0 radical (unpaired) electrons. The summed E-state index contributed by atoms with van der Waals surface area (Å²) < 4.78 is 2.11. The third-order valence-electron chi connectivity index (χ3n) is 3.70. The van der Waals surface area contributed by atoms with Crippen LogP contribution >= 0.6 is 0 Å². The van der Waals surface area contributed by atoms with Crippen LogP contribution in [0.1, 0.15) is 22.5 Å². The van der Waals surface area contributed by atoms with Crippen molar-refractivity contribution in [1.29, 1.82) is 0 Å². The summed E-state index contributed by atoms with van der Waals surface area (Å²) in [5.41, 5.74) is 4.08. The number of aryl methyl sites for hydroxylation is 2. The first-order valence-corrected chi connectivity index (χ1v) is 7.21. The summed E-state index contributed by atoms with van der Waals surface area (Å²) in [5, 5.41) is 9.68. The SMILES string of the molecule is O=C(NO)c1cc2c(ccn2CCCc2ccccc2)cn1. The average molecular weight is 295 g/mol. The van der Waals surface area contributed by atoms with Crippen LogP contribution in [0.2, 0.25) is 0 Å². The smallest absolute Gasteiger partial charge is 0.293 e. The fraction of sp³-hybridized carbons (Fsp3) is 0.176. The lowest BCUT2D eigenvalue weighted by Gasteiger charge is -2.06. The lowest BCUT2D eigenvalue weighted by molar-refractivity contribution is 0.0701. The van der Waals surface area contributed by atoms with Crippen LogP contribution in [0, 0.1) is 0 Å². The summed E-state index contributed by atoms with van der Waals surface area (Å²) >= 11 is 0. The summed E-state index contributed by atoms with van der Waals surface area (Å²) in [5.74, 6) is -0.598. The van der Waals surface area contributed by atoms with Gasteiger partial charge in [-0.15, -0.1) is 0 Å². The summed E-state index contributed by atoms with van der Waals surface area (Å²) in [6.45, 7) is 0.864. The number of aromatic nitrogens is 2. The van der Waals surface area contributed by atoms with Gasteiger partial charge in [0.25, 0.3) is 5.91 Å². The zero-order valence-corrected chi connectivity index (χ0v) is 12.1. The van der Waals surface area contributed by atoms with E-state index in [1.807, 2.05) is 30.5 Å². The Hall–Kier alpha value is -2.66. The van der Waals surface area contributed by atoms with Crippen molar-refractivity contribution < 1.29 is 10.0 Å². The van der Waals surface area contributed by atoms with Crippen LogP contribution in [0.25, 0.3) is 10.9 Å². The Balaban J connectivity index is 1.74. The second-order valence-electron chi connectivity index (χ2n) is 5.17. The number of nitrogens with one attached hydrogen (secondary N) is 1. The van der Waals surface area contributed by atoms with Crippen LogP contribution in [0.4, 0.5) is 0 Å². The lowest BCUT2D eigenvalue weighted by Crippen LogP contribution is -2.19. The van der Waals surface area contributed by atoms with Crippen LogP contribution in [0.5, 0.6) is 0 Å². The Morgan fingerprint density at radius 1 is 1.23 bits per heavy atom. The standard InChI is InChI=1S/C17H17N3O2/c21-17(19-22)15-11-16-14(12-18-15)8-10-20(16)9-4-7-13-5-2-1-3-6-13/h1-3,5-6,8,10-12,22H,4,7,9H2,(H,19,21). The molecule has 0 unspecified atom stereocenters. The highest BCUT2D eigenvalue weighted by Gasteiger charge is 2.09. The van der Waals surface area contributed by atoms with Gasteiger partial charge in [-0.05, 0) is 30.5 Å². The predicted octanol–water partition coefficient (Wildman–Crippen LogP) is 2.79. The molecule has 5 heteroatoms. The first-order valence-electron chi connectivity index (χ1n) is 7.21. The van der Waals surface area contributed by atoms with Crippen molar-refractivity contribution >= 4 is 16.8 Å². The zero-order chi connectivity index (χ0) is 15.4. The van der Waals surface area contributed by atoms with Gasteiger partial charge in [-0.25, -0.2) is 5.48 Å². The van der Waals surface area contributed by atoms with Crippen molar-refractivity contribution in [2.45, 2.75) is 19.4 Å². The fourth-order valence-corrected chi connectivity index (χ4v) is 2.56. The van der Waals surface area contributed by atoms with E-state index >= 15 is 0 Å². The molecule has 0 aliphatic carbocycles. The van der Waals surface area contributed by atoms with E-state index in [4.69, 9.17) is 5.21 Å². The van der Waals surface area contributed by atoms with Gasteiger partial charge in [-0.1, -0.05) is 30.3 Å². The molecular weight excluding hydrogens is 278 g/mol. The number of rotatable bonds is 5. The third-order valence-corrected chi connectivity index (χ3v) is 3.70. The molecule has 0 atom stereocenters. The first-order chi connectivity index (χ1) is 10.8. The van der Waals surface area contributed by atoms with Crippen LogP contribution in [-0.4, -0.2) is 20.7 Å². The van der Waals surface area contributed by atoms with E-state index in [0.717, 1.165) is 30.3 Å². The van der Waals surface area contributed by atoms with Gasteiger partial charge in [0.1, 0.15) is 5.69 Å². The molecule has 3 aromatic rings. The van der Waals surface area contributed by atoms with Gasteiger partial charge in [0, 0.05) is 24.3 Å². The highest BCUT2D eigenvalue weighted by molar-refractivity contribution is 5.95. The van der Waals surface area contributed by atoms with Gasteiger partial charge in [-0.2, -0.15) is 0 Å². The number of carbonyl (C=O) groups excluding carboxylic acids is 1. The van der Waals surface area contributed by atoms with E-state index in [-0.39, 0.29) is 5.69 Å². The molecule has 1 aromatic carbocycles. The highest BCUT2D eigenvalue weighted by atomic mass is 16.5. The number of benzene rings is 1. The van der Waals surface area contributed by atoms with Crippen molar-refractivity contribution in [1.82, 2.24) is 15.0 Å². The normalized spacial score (nSPS) is 10.8. The number of hydrogen-bond donors (Lipinski definition) is 2. The minimum absolute atomic E-state index is 0.206. The number of nitrogens with zero attached hydrogens (tertiary/aromatic N) is 2. The number of carbonyl (C=O) groups is 1. The highest BCUT2D eigenvalue weighted by Crippen LogP contribution is 2.17. The van der Waals surface area contributed by atoms with E-state index in [1.165, 1.54) is 5.56 Å². The molecule has 2 N–H and O–H groups in total. The average Bonchev–Trinajstić information content (AvgIpc) is 2.97. The summed E-state index contributed by atoms with van der Waals surface area (Å²) in [4.78, 5) is 15.5. The minimum Gasteiger partial charge on any atom is -0.347 e. The summed E-state index contributed by atoms with van der Waals surface area (Å²) in [7, 11) is 0. The van der Waals surface area contributed by atoms with Gasteiger partial charge in [0.2, 0.25) is 0 Å². The predicted molar refractivity (Wildman–Crippen MR) is 83.7 cm³/mol. The Labute approximate surface area is 128 Å². The van der Waals surface area contributed by atoms with E-state index in [1.54, 1.807) is 17.7 Å². The van der Waals surface area contributed by atoms with Crippen molar-refractivity contribution in [3.8, 4) is 0 Å². The fourth-order valence-electron chi connectivity index (χ4n) is 2.56. The Bertz CT molecular complexity index is 781. The van der Waals surface area contributed by atoms with E-state index in [2.05, 4.69) is 21.7 Å². The molecule has 0 fully saturated rings. The molecule has 0 spiro atoms. The second kappa shape index (κ2) is 6.41. The molecule has 112 valence electrons. The molecule has 2 aromatic heterocycles. The maximum absolute atomic E-state index is 11.5. The molecule has 5 nitrogen and oxygen atoms in total. The van der Waals surface area contributed by atoms with E-state index in [9.17, 15) is 4.79 Å². The Morgan fingerprint density at radius 3 is 2.82 bits per heavy atom. The summed E-state index contributed by atoms with van der Waals surface area (Å²) in [6.07, 6.45) is 5.67. The quantitative estimate of drug-likeness (QED) is 0.562. The molecule has 2 heterocycles. The number of pyridine rings is 1. The molecule has 0 saturated carbocycles. The molecule has 0 saturated heterocycles. The van der Waals surface area contributed by atoms with Crippen molar-refractivity contribution in [3.63, 3.8) is 0 Å². The molecule has 0 bridgehead atoms. The van der Waals surface area contributed by atoms with Crippen molar-refractivity contribution in [3.05, 3.63) is 66.1 Å². The molecule has 3 rings (SSSR count). The summed E-state index contributed by atoms with van der Waals surface area (Å²) in [6, 6.07) is 14.0. The number of fused-ring (bicyclic) bond motifs is 1. The second-order valence-corrected chi connectivity index (χ2v) is 5.17. The minimum atomic E-state index is -0.598. The van der Waals surface area contributed by atoms with Crippen molar-refractivity contribution in [2.75, 3.05) is 0 Å². The maximum Gasteiger partial charge on any atom is 0.293 e. The molecule has 1 amide bonds. The molecular formula is C17H17N3O2. The topological polar surface area (TPSA) is 67.2 Å². The van der Waals surface area contributed by atoms with Gasteiger partial charge >= 0.3 is 0 Å². The molecule has 0 aliphatic rings. The number of hydroxylamine groups is 1. The number of hydrogen-bond acceptors (Lipinski definition) is 3. The molecule has 22 heavy (non-hydrogen) atoms. The Morgan fingerprint density at radius 2 is 2.05 bits per heavy atom. The van der Waals surface area contributed by atoms with E-state index < -0.39 is 5.91 Å². The van der Waals surface area contributed by atoms with Gasteiger partial charge in [0.15, 0.2) is 0 Å².